The van der Waals surface area contributed by atoms with E-state index >= 15 is 0 Å². The fourth-order valence-corrected chi connectivity index (χ4v) is 3.85. The summed E-state index contributed by atoms with van der Waals surface area (Å²) in [5.41, 5.74) is 2.46. The molecule has 3 rings (SSSR count). The summed E-state index contributed by atoms with van der Waals surface area (Å²) >= 11 is 2.85. The standard InChI is InChI=1S/C16H15N3O3S2/c1-9-7-23-16(17-9)24-8-12(20)13(15(21)22-2)14-18-10-5-3-4-6-11(10)19-14/h3-7,20H,8H2,1-2H3,(H,18,19)/b13-12+. The first-order chi connectivity index (χ1) is 11.6. The molecule has 0 aliphatic rings. The first-order valence-corrected chi connectivity index (χ1v) is 8.95. The van der Waals surface area contributed by atoms with E-state index in [1.165, 1.54) is 30.2 Å². The van der Waals surface area contributed by atoms with Crippen molar-refractivity contribution in [2.75, 3.05) is 12.9 Å². The number of fused-ring (bicyclic) bond motifs is 1. The number of para-hydroxylation sites is 2. The largest absolute Gasteiger partial charge is 0.510 e. The average molecular weight is 361 g/mol. The van der Waals surface area contributed by atoms with Crippen LogP contribution in [-0.2, 0) is 9.53 Å². The molecule has 0 amide bonds. The van der Waals surface area contributed by atoms with E-state index in [1.807, 2.05) is 36.6 Å². The van der Waals surface area contributed by atoms with E-state index in [4.69, 9.17) is 4.74 Å². The van der Waals surface area contributed by atoms with Gasteiger partial charge in [-0.1, -0.05) is 23.9 Å². The van der Waals surface area contributed by atoms with Crippen molar-refractivity contribution >= 4 is 45.7 Å². The first-order valence-electron chi connectivity index (χ1n) is 7.09. The molecule has 0 bridgehead atoms. The third-order valence-corrected chi connectivity index (χ3v) is 5.38. The van der Waals surface area contributed by atoms with E-state index in [1.54, 1.807) is 0 Å². The summed E-state index contributed by atoms with van der Waals surface area (Å²) in [5, 5.41) is 12.4. The highest BCUT2D eigenvalue weighted by Crippen LogP contribution is 2.27. The van der Waals surface area contributed by atoms with Gasteiger partial charge in [0.25, 0.3) is 0 Å². The number of aromatic nitrogens is 3. The number of imidazole rings is 1. The molecule has 6 nitrogen and oxygen atoms in total. The summed E-state index contributed by atoms with van der Waals surface area (Å²) in [6.07, 6.45) is 0. The predicted molar refractivity (Wildman–Crippen MR) is 95.2 cm³/mol. The van der Waals surface area contributed by atoms with Crippen LogP contribution in [0, 0.1) is 6.92 Å². The predicted octanol–water partition coefficient (Wildman–Crippen LogP) is 3.56. The molecule has 0 fully saturated rings. The second-order valence-electron chi connectivity index (χ2n) is 4.96. The van der Waals surface area contributed by atoms with Gasteiger partial charge in [0.05, 0.1) is 23.9 Å². The monoisotopic (exact) mass is 361 g/mol. The number of benzene rings is 1. The van der Waals surface area contributed by atoms with Crippen LogP contribution in [0.5, 0.6) is 0 Å². The van der Waals surface area contributed by atoms with Gasteiger partial charge in [-0.3, -0.25) is 0 Å². The Bertz CT molecular complexity index is 881. The number of methoxy groups -OCH3 is 1. The van der Waals surface area contributed by atoms with Gasteiger partial charge >= 0.3 is 5.97 Å². The average Bonchev–Trinajstić information content (AvgIpc) is 3.18. The minimum absolute atomic E-state index is 0.0366. The normalized spacial score (nSPS) is 12.2. The number of carbonyl (C=O) groups excluding carboxylic acids is 1. The summed E-state index contributed by atoms with van der Waals surface area (Å²) < 4.78 is 5.63. The lowest BCUT2D eigenvalue weighted by atomic mass is 10.2. The Kier molecular flexibility index (Phi) is 4.86. The van der Waals surface area contributed by atoms with Crippen molar-refractivity contribution in [1.29, 1.82) is 0 Å². The number of hydrogen-bond acceptors (Lipinski definition) is 7. The minimum Gasteiger partial charge on any atom is -0.510 e. The van der Waals surface area contributed by atoms with Gasteiger partial charge in [-0.25, -0.2) is 14.8 Å². The number of thiazole rings is 1. The van der Waals surface area contributed by atoms with Crippen LogP contribution < -0.4 is 0 Å². The highest BCUT2D eigenvalue weighted by atomic mass is 32.2. The molecule has 0 spiro atoms. The Labute approximate surface area is 146 Å². The molecular weight excluding hydrogens is 346 g/mol. The van der Waals surface area contributed by atoms with Crippen molar-refractivity contribution in [3.63, 3.8) is 0 Å². The topological polar surface area (TPSA) is 88.1 Å². The molecular formula is C16H15N3O3S2. The van der Waals surface area contributed by atoms with Crippen molar-refractivity contribution < 1.29 is 14.6 Å². The van der Waals surface area contributed by atoms with Gasteiger partial charge < -0.3 is 14.8 Å². The third kappa shape index (κ3) is 3.44. The lowest BCUT2D eigenvalue weighted by molar-refractivity contribution is -0.133. The van der Waals surface area contributed by atoms with Crippen molar-refractivity contribution in [3.8, 4) is 0 Å². The van der Waals surface area contributed by atoms with E-state index in [2.05, 4.69) is 15.0 Å². The van der Waals surface area contributed by atoms with Crippen LogP contribution >= 0.6 is 23.1 Å². The number of aliphatic hydroxyl groups excluding tert-OH is 1. The molecule has 0 saturated carbocycles. The molecule has 24 heavy (non-hydrogen) atoms. The zero-order valence-corrected chi connectivity index (χ0v) is 14.7. The van der Waals surface area contributed by atoms with Gasteiger partial charge in [0, 0.05) is 11.1 Å². The van der Waals surface area contributed by atoms with Crippen molar-refractivity contribution in [3.05, 3.63) is 46.9 Å². The number of rotatable bonds is 5. The fraction of sp³-hybridized carbons (Fsp3) is 0.188. The SMILES string of the molecule is COC(=O)/C(=C(/O)CSc1nc(C)cs1)c1nc2ccccc2[nH]1. The number of aromatic amines is 1. The second kappa shape index (κ2) is 7.06. The Hall–Kier alpha value is -2.32. The van der Waals surface area contributed by atoms with Crippen molar-refractivity contribution in [2.45, 2.75) is 11.3 Å². The summed E-state index contributed by atoms with van der Waals surface area (Å²) in [5.74, 6) is -0.244. The Morgan fingerprint density at radius 3 is 2.83 bits per heavy atom. The Morgan fingerprint density at radius 2 is 2.17 bits per heavy atom. The zero-order valence-electron chi connectivity index (χ0n) is 13.1. The van der Waals surface area contributed by atoms with Crippen LogP contribution in [0.3, 0.4) is 0 Å². The maximum absolute atomic E-state index is 12.1. The highest BCUT2D eigenvalue weighted by Gasteiger charge is 2.22. The number of hydrogen-bond donors (Lipinski definition) is 2. The lowest BCUT2D eigenvalue weighted by Gasteiger charge is -2.06. The molecule has 0 unspecified atom stereocenters. The van der Waals surface area contributed by atoms with E-state index in [0.717, 1.165) is 15.6 Å². The van der Waals surface area contributed by atoms with Crippen LogP contribution in [0.2, 0.25) is 0 Å². The summed E-state index contributed by atoms with van der Waals surface area (Å²) in [6.45, 7) is 1.91. The molecule has 124 valence electrons. The number of ether oxygens (including phenoxy) is 1. The minimum atomic E-state index is -0.637. The fourth-order valence-electron chi connectivity index (χ4n) is 2.13. The second-order valence-corrected chi connectivity index (χ2v) is 7.04. The summed E-state index contributed by atoms with van der Waals surface area (Å²) in [6, 6.07) is 7.40. The van der Waals surface area contributed by atoms with Crippen molar-refractivity contribution in [2.24, 2.45) is 0 Å². The molecule has 2 heterocycles. The molecule has 0 saturated heterocycles. The first kappa shape index (κ1) is 16.5. The lowest BCUT2D eigenvalue weighted by Crippen LogP contribution is -2.09. The van der Waals surface area contributed by atoms with Gasteiger partial charge in [0.1, 0.15) is 17.2 Å². The zero-order chi connectivity index (χ0) is 17.1. The number of thioether (sulfide) groups is 1. The summed E-state index contributed by atoms with van der Waals surface area (Å²) in [7, 11) is 1.27. The molecule has 3 aromatic rings. The number of aliphatic hydroxyl groups is 1. The number of nitrogens with one attached hydrogen (secondary N) is 1. The molecule has 0 aliphatic heterocycles. The number of aryl methyl sites for hydroxylation is 1. The van der Waals surface area contributed by atoms with Crippen LogP contribution in [-0.4, -0.2) is 38.9 Å². The summed E-state index contributed by atoms with van der Waals surface area (Å²) in [4.78, 5) is 23.9. The number of esters is 1. The molecule has 8 heteroatoms. The molecule has 0 atom stereocenters. The van der Waals surface area contributed by atoms with Gasteiger partial charge in [0.2, 0.25) is 0 Å². The quantitative estimate of drug-likeness (QED) is 0.313. The maximum Gasteiger partial charge on any atom is 0.345 e. The molecule has 0 radical (unpaired) electrons. The molecule has 0 aliphatic carbocycles. The van der Waals surface area contributed by atoms with Crippen LogP contribution in [0.25, 0.3) is 16.6 Å². The van der Waals surface area contributed by atoms with Gasteiger partial charge in [-0.2, -0.15) is 0 Å². The van der Waals surface area contributed by atoms with Gasteiger partial charge in [-0.15, -0.1) is 11.3 Å². The van der Waals surface area contributed by atoms with E-state index < -0.39 is 5.97 Å². The van der Waals surface area contributed by atoms with E-state index in [9.17, 15) is 9.90 Å². The Morgan fingerprint density at radius 1 is 1.38 bits per heavy atom. The third-order valence-electron chi connectivity index (χ3n) is 3.23. The number of H-pyrrole nitrogens is 1. The van der Waals surface area contributed by atoms with Gasteiger partial charge in [-0.05, 0) is 19.1 Å². The van der Waals surface area contributed by atoms with Gasteiger partial charge in [0.15, 0.2) is 4.34 Å². The maximum atomic E-state index is 12.1. The van der Waals surface area contributed by atoms with Crippen LogP contribution in [0.15, 0.2) is 39.7 Å². The Balaban J connectivity index is 1.93. The van der Waals surface area contributed by atoms with Crippen molar-refractivity contribution in [1.82, 2.24) is 15.0 Å². The smallest absolute Gasteiger partial charge is 0.345 e. The molecule has 1 aromatic carbocycles. The van der Waals surface area contributed by atoms with E-state index in [-0.39, 0.29) is 22.9 Å². The molecule has 2 N–H and O–H groups in total. The van der Waals surface area contributed by atoms with E-state index in [0.29, 0.717) is 5.52 Å². The van der Waals surface area contributed by atoms with Crippen LogP contribution in [0.1, 0.15) is 11.5 Å². The molecule has 2 aromatic heterocycles. The number of nitrogens with zero attached hydrogens (tertiary/aromatic N) is 2. The number of carbonyl (C=O) groups is 1. The van der Waals surface area contributed by atoms with Crippen LogP contribution in [0.4, 0.5) is 0 Å². The highest BCUT2D eigenvalue weighted by molar-refractivity contribution is 8.01.